The third-order valence-electron chi connectivity index (χ3n) is 9.11. The summed E-state index contributed by atoms with van der Waals surface area (Å²) in [7, 11) is 1.56. The van der Waals surface area contributed by atoms with E-state index >= 15 is 4.39 Å². The Balaban J connectivity index is 1.56. The minimum Gasteiger partial charge on any atom is -0.507 e. The summed E-state index contributed by atoms with van der Waals surface area (Å²) in [6.45, 7) is 4.28. The number of likely N-dealkylation sites (N-methyl/N-ethyl adjacent to an activating group) is 1. The van der Waals surface area contributed by atoms with Gasteiger partial charge in [0.1, 0.15) is 28.9 Å². The Morgan fingerprint density at radius 3 is 2.59 bits per heavy atom. The van der Waals surface area contributed by atoms with E-state index in [-0.39, 0.29) is 64.2 Å². The van der Waals surface area contributed by atoms with Crippen molar-refractivity contribution in [1.82, 2.24) is 14.5 Å². The number of phenolic OH excluding ortho intramolecular Hbond substituents is 1. The molecule has 0 unspecified atom stereocenters. The summed E-state index contributed by atoms with van der Waals surface area (Å²) in [5, 5.41) is 11.2. The van der Waals surface area contributed by atoms with E-state index in [4.69, 9.17) is 16.6 Å². The molecule has 1 atom stereocenters. The van der Waals surface area contributed by atoms with Crippen molar-refractivity contribution in [2.45, 2.75) is 31.2 Å². The number of hydrogen-bond acceptors (Lipinski definition) is 6. The molecule has 1 saturated heterocycles. The maximum atomic E-state index is 15.1. The van der Waals surface area contributed by atoms with Gasteiger partial charge < -0.3 is 19.8 Å². The van der Waals surface area contributed by atoms with Gasteiger partial charge in [0.2, 0.25) is 5.91 Å². The second-order valence-corrected chi connectivity index (χ2v) is 11.9. The van der Waals surface area contributed by atoms with Crippen LogP contribution < -0.4 is 15.4 Å². The van der Waals surface area contributed by atoms with E-state index < -0.39 is 17.4 Å². The van der Waals surface area contributed by atoms with Crippen LogP contribution in [0.4, 0.5) is 15.8 Å². The molecule has 1 aliphatic carbocycles. The van der Waals surface area contributed by atoms with E-state index in [0.717, 1.165) is 24.8 Å². The van der Waals surface area contributed by atoms with Crippen molar-refractivity contribution >= 4 is 45.8 Å². The van der Waals surface area contributed by atoms with Crippen LogP contribution in [0, 0.1) is 5.82 Å². The topological polar surface area (TPSA) is 99.0 Å². The summed E-state index contributed by atoms with van der Waals surface area (Å²) in [6, 6.07) is 12.4. The SMILES string of the molecule is C=CC(=O)N1CCN2c3c(c(=O)n(-c4ccccc4C4CCC4)c4nc(-c5c(O)cccc5F)c(Cl)cc34)N(C)C(=O)[C@H]2C1. The van der Waals surface area contributed by atoms with Gasteiger partial charge in [0, 0.05) is 25.5 Å². The molecule has 4 aromatic rings. The smallest absolute Gasteiger partial charge is 0.282 e. The number of nitrogens with zero attached hydrogens (tertiary/aromatic N) is 5. The lowest BCUT2D eigenvalue weighted by Crippen LogP contribution is -2.63. The van der Waals surface area contributed by atoms with Crippen molar-refractivity contribution in [2.24, 2.45) is 0 Å². The molecule has 2 aromatic heterocycles. The van der Waals surface area contributed by atoms with Crippen LogP contribution in [0.2, 0.25) is 5.02 Å². The van der Waals surface area contributed by atoms with E-state index in [1.54, 1.807) is 18.0 Å². The van der Waals surface area contributed by atoms with Gasteiger partial charge in [0.05, 0.1) is 34.2 Å². The molecule has 1 saturated carbocycles. The fraction of sp³-hybridized carbons (Fsp3) is 0.273. The number of amides is 2. The quantitative estimate of drug-likeness (QED) is 0.326. The van der Waals surface area contributed by atoms with Crippen molar-refractivity contribution in [2.75, 3.05) is 36.5 Å². The molecule has 1 N–H and O–H groups in total. The highest BCUT2D eigenvalue weighted by molar-refractivity contribution is 6.34. The van der Waals surface area contributed by atoms with Crippen molar-refractivity contribution in [1.29, 1.82) is 0 Å². The highest BCUT2D eigenvalue weighted by Crippen LogP contribution is 2.45. The van der Waals surface area contributed by atoms with Gasteiger partial charge in [0.15, 0.2) is 0 Å². The molecule has 9 nitrogen and oxygen atoms in total. The van der Waals surface area contributed by atoms with Crippen LogP contribution in [0.1, 0.15) is 30.7 Å². The van der Waals surface area contributed by atoms with E-state index in [1.165, 1.54) is 33.7 Å². The highest BCUT2D eigenvalue weighted by Gasteiger charge is 2.44. The molecule has 11 heteroatoms. The molecule has 2 aliphatic heterocycles. The molecule has 7 rings (SSSR count). The average Bonchev–Trinajstić information content (AvgIpc) is 2.99. The minimum absolute atomic E-state index is 0.0119. The van der Waals surface area contributed by atoms with Gasteiger partial charge in [0.25, 0.3) is 11.5 Å². The molecule has 224 valence electrons. The first-order valence-corrected chi connectivity index (χ1v) is 14.9. The summed E-state index contributed by atoms with van der Waals surface area (Å²) >= 11 is 6.81. The second kappa shape index (κ2) is 10.5. The molecular formula is C33H29ClFN5O4. The maximum Gasteiger partial charge on any atom is 0.282 e. The number of pyridine rings is 2. The number of halogens is 2. The van der Waals surface area contributed by atoms with Crippen molar-refractivity contribution in [3.63, 3.8) is 0 Å². The van der Waals surface area contributed by atoms with E-state index in [1.807, 2.05) is 29.2 Å². The van der Waals surface area contributed by atoms with Crippen LogP contribution in [0.15, 0.2) is 66.0 Å². The van der Waals surface area contributed by atoms with E-state index in [9.17, 15) is 19.5 Å². The summed E-state index contributed by atoms with van der Waals surface area (Å²) < 4.78 is 16.6. The van der Waals surface area contributed by atoms with Crippen LogP contribution in [-0.4, -0.2) is 64.1 Å². The molecule has 2 aromatic carbocycles. The molecule has 2 amide bonds. The zero-order valence-electron chi connectivity index (χ0n) is 24.0. The summed E-state index contributed by atoms with van der Waals surface area (Å²) in [5.74, 6) is -1.40. The predicted molar refractivity (Wildman–Crippen MR) is 167 cm³/mol. The Hall–Kier alpha value is -4.70. The number of anilines is 2. The fourth-order valence-electron chi connectivity index (χ4n) is 6.67. The first kappa shape index (κ1) is 28.1. The fourth-order valence-corrected chi connectivity index (χ4v) is 6.92. The van der Waals surface area contributed by atoms with Gasteiger partial charge in [-0.1, -0.05) is 48.9 Å². The number of hydrogen-bond donors (Lipinski definition) is 1. The van der Waals surface area contributed by atoms with E-state index in [0.29, 0.717) is 23.3 Å². The molecule has 2 fully saturated rings. The second-order valence-electron chi connectivity index (χ2n) is 11.4. The standard InChI is InChI=1S/C33H29ClFN5O4/c1-3-26(42)38-14-15-39-24(17-38)32(43)37(2)30-29(39)20-16-21(34)28(27-22(35)11-7-13-25(27)41)36-31(20)40(33(30)44)23-12-5-4-10-19(23)18-8-6-9-18/h3-5,7,10-13,16,18,24,41H,1,6,8-9,14-15,17H2,2H3/t24-/m1/s1. The molecular weight excluding hydrogens is 585 g/mol. The summed E-state index contributed by atoms with van der Waals surface area (Å²) in [4.78, 5) is 50.5. The number of rotatable bonds is 4. The molecule has 3 aliphatic rings. The van der Waals surface area contributed by atoms with Gasteiger partial charge in [-0.25, -0.2) is 9.37 Å². The minimum atomic E-state index is -0.750. The number of phenols is 1. The predicted octanol–water partition coefficient (Wildman–Crippen LogP) is 5.00. The lowest BCUT2D eigenvalue weighted by Gasteiger charge is -2.47. The number of carbonyl (C=O) groups excluding carboxylic acids is 2. The number of fused-ring (bicyclic) bond motifs is 5. The monoisotopic (exact) mass is 613 g/mol. The van der Waals surface area contributed by atoms with Crippen LogP contribution in [-0.2, 0) is 9.59 Å². The first-order chi connectivity index (χ1) is 21.2. The Kier molecular flexibility index (Phi) is 6.69. The van der Waals surface area contributed by atoms with Crippen LogP contribution in [0.25, 0.3) is 28.0 Å². The molecule has 0 radical (unpaired) electrons. The lowest BCUT2D eigenvalue weighted by molar-refractivity contribution is -0.128. The zero-order valence-corrected chi connectivity index (χ0v) is 24.7. The van der Waals surface area contributed by atoms with Crippen LogP contribution in [0.3, 0.4) is 0 Å². The Bertz CT molecular complexity index is 1930. The largest absolute Gasteiger partial charge is 0.507 e. The molecule has 44 heavy (non-hydrogen) atoms. The summed E-state index contributed by atoms with van der Waals surface area (Å²) in [6.07, 6.45) is 4.27. The summed E-state index contributed by atoms with van der Waals surface area (Å²) in [5.41, 5.74) is 1.81. The third-order valence-corrected chi connectivity index (χ3v) is 9.40. The van der Waals surface area contributed by atoms with Gasteiger partial charge in [-0.05, 0) is 54.7 Å². The molecule has 4 heterocycles. The van der Waals surface area contributed by atoms with Gasteiger partial charge in [-0.15, -0.1) is 0 Å². The van der Waals surface area contributed by atoms with Gasteiger partial charge in [-0.2, -0.15) is 0 Å². The number of benzene rings is 2. The van der Waals surface area contributed by atoms with Crippen molar-refractivity contribution in [3.05, 3.63) is 87.9 Å². The highest BCUT2D eigenvalue weighted by atomic mass is 35.5. The van der Waals surface area contributed by atoms with Crippen molar-refractivity contribution < 1.29 is 19.1 Å². The zero-order chi connectivity index (χ0) is 30.9. The lowest BCUT2D eigenvalue weighted by atomic mass is 9.79. The van der Waals surface area contributed by atoms with Crippen LogP contribution in [0.5, 0.6) is 5.75 Å². The third kappa shape index (κ3) is 4.11. The maximum absolute atomic E-state index is 15.1. The molecule has 0 bridgehead atoms. The Labute approximate surface area is 257 Å². The number of aromatic nitrogens is 2. The normalized spacial score (nSPS) is 18.2. The first-order valence-electron chi connectivity index (χ1n) is 14.5. The van der Waals surface area contributed by atoms with Gasteiger partial charge >= 0.3 is 0 Å². The number of piperazine rings is 1. The number of carbonyl (C=O) groups is 2. The molecule has 0 spiro atoms. The van der Waals surface area contributed by atoms with Crippen molar-refractivity contribution in [3.8, 4) is 22.7 Å². The number of para-hydroxylation sites is 1. The average molecular weight is 614 g/mol. The number of aromatic hydroxyl groups is 1. The Morgan fingerprint density at radius 2 is 1.89 bits per heavy atom. The van der Waals surface area contributed by atoms with Crippen LogP contribution >= 0.6 is 11.6 Å². The Morgan fingerprint density at radius 1 is 1.11 bits per heavy atom. The van der Waals surface area contributed by atoms with Gasteiger partial charge in [-0.3, -0.25) is 19.0 Å². The van der Waals surface area contributed by atoms with E-state index in [2.05, 4.69) is 6.58 Å².